The molecule has 0 spiro atoms. The van der Waals surface area contributed by atoms with Crippen LogP contribution in [0.15, 0.2) is 4.99 Å². The second-order valence-electron chi connectivity index (χ2n) is 8.96. The van der Waals surface area contributed by atoms with E-state index in [0.717, 1.165) is 87.5 Å². The van der Waals surface area contributed by atoms with Crippen LogP contribution in [0.25, 0.3) is 0 Å². The van der Waals surface area contributed by atoms with Gasteiger partial charge in [-0.3, -0.25) is 4.99 Å². The van der Waals surface area contributed by atoms with Crippen LogP contribution in [0.1, 0.15) is 82.1 Å². The van der Waals surface area contributed by atoms with Crippen molar-refractivity contribution in [1.82, 2.24) is 40.2 Å². The van der Waals surface area contributed by atoms with Gasteiger partial charge in [0.15, 0.2) is 11.8 Å². The Morgan fingerprint density at radius 2 is 2.06 bits per heavy atom. The van der Waals surface area contributed by atoms with Gasteiger partial charge in [-0.15, -0.1) is 10.2 Å². The summed E-state index contributed by atoms with van der Waals surface area (Å²) in [5, 5.41) is 20.5. The maximum absolute atomic E-state index is 4.82. The number of nitrogens with zero attached hydrogens (tertiary/aromatic N) is 7. The summed E-state index contributed by atoms with van der Waals surface area (Å²) in [6.07, 6.45) is 8.73. The summed E-state index contributed by atoms with van der Waals surface area (Å²) in [7, 11) is 0. The van der Waals surface area contributed by atoms with E-state index in [1.54, 1.807) is 0 Å². The van der Waals surface area contributed by atoms with E-state index in [1.807, 2.05) is 0 Å². The lowest BCUT2D eigenvalue weighted by atomic mass is 10.1. The van der Waals surface area contributed by atoms with Gasteiger partial charge in [0.2, 0.25) is 0 Å². The Labute approximate surface area is 185 Å². The summed E-state index contributed by atoms with van der Waals surface area (Å²) in [6, 6.07) is 0.319. The number of aryl methyl sites for hydroxylation is 3. The summed E-state index contributed by atoms with van der Waals surface area (Å²) in [5.74, 6) is 5.59. The average molecular weight is 428 g/mol. The molecule has 9 nitrogen and oxygen atoms in total. The largest absolute Gasteiger partial charge is 0.357 e. The number of guanidine groups is 1. The van der Waals surface area contributed by atoms with Crippen molar-refractivity contribution >= 4 is 5.96 Å². The maximum Gasteiger partial charge on any atom is 0.191 e. The summed E-state index contributed by atoms with van der Waals surface area (Å²) in [4.78, 5) is 9.51. The fourth-order valence-electron chi connectivity index (χ4n) is 4.36. The monoisotopic (exact) mass is 427 g/mol. The second kappa shape index (κ2) is 10.2. The van der Waals surface area contributed by atoms with E-state index >= 15 is 0 Å². The topological polar surface area (TPSA) is 97.8 Å². The van der Waals surface area contributed by atoms with Crippen molar-refractivity contribution in [2.75, 3.05) is 13.1 Å². The van der Waals surface area contributed by atoms with Gasteiger partial charge in [-0.2, -0.15) is 5.10 Å². The first-order valence-corrected chi connectivity index (χ1v) is 12.0. The van der Waals surface area contributed by atoms with Gasteiger partial charge in [0, 0.05) is 50.9 Å². The number of hydrogen-bond acceptors (Lipinski definition) is 5. The molecule has 170 valence electrons. The van der Waals surface area contributed by atoms with E-state index in [-0.39, 0.29) is 0 Å². The molecule has 2 aromatic rings. The van der Waals surface area contributed by atoms with Crippen molar-refractivity contribution in [1.29, 1.82) is 0 Å². The van der Waals surface area contributed by atoms with Crippen LogP contribution in [-0.4, -0.2) is 54.6 Å². The number of aliphatic imine (C=N–C) groups is 1. The molecule has 0 bridgehead atoms. The normalized spacial score (nSPS) is 19.1. The molecule has 0 saturated heterocycles. The van der Waals surface area contributed by atoms with Gasteiger partial charge >= 0.3 is 0 Å². The number of fused-ring (bicyclic) bond motifs is 2. The Morgan fingerprint density at radius 3 is 2.90 bits per heavy atom. The highest BCUT2D eigenvalue weighted by Gasteiger charge is 2.23. The van der Waals surface area contributed by atoms with E-state index in [0.29, 0.717) is 12.0 Å². The standard InChI is InChI=1S/C22H37N9/c1-4-23-22(25-17-11-12-18-26-21(16(2)3)29-31(18)15-17)24-13-8-10-20-28-27-19-9-6-5-7-14-30(19)20/h16-17H,4-15H2,1-3H3,(H2,23,24,25). The van der Waals surface area contributed by atoms with Crippen LogP contribution in [0, 0.1) is 0 Å². The maximum atomic E-state index is 4.82. The van der Waals surface area contributed by atoms with E-state index in [1.165, 1.54) is 19.3 Å². The fraction of sp³-hybridized carbons (Fsp3) is 0.773. The van der Waals surface area contributed by atoms with Crippen LogP contribution in [0.3, 0.4) is 0 Å². The zero-order valence-corrected chi connectivity index (χ0v) is 19.3. The number of nitrogens with one attached hydrogen (secondary N) is 2. The Balaban J connectivity index is 1.30. The van der Waals surface area contributed by atoms with Gasteiger partial charge in [0.05, 0.1) is 6.54 Å². The zero-order valence-electron chi connectivity index (χ0n) is 19.3. The summed E-state index contributed by atoms with van der Waals surface area (Å²) in [5.41, 5.74) is 0. The Morgan fingerprint density at radius 1 is 1.16 bits per heavy atom. The molecule has 0 saturated carbocycles. The number of aromatic nitrogens is 6. The van der Waals surface area contributed by atoms with E-state index in [4.69, 9.17) is 4.99 Å². The van der Waals surface area contributed by atoms with Crippen LogP contribution >= 0.6 is 0 Å². The second-order valence-corrected chi connectivity index (χ2v) is 8.96. The van der Waals surface area contributed by atoms with E-state index in [2.05, 4.69) is 60.9 Å². The molecule has 0 radical (unpaired) electrons. The first kappa shape index (κ1) is 21.8. The Bertz CT molecular complexity index is 880. The van der Waals surface area contributed by atoms with Crippen molar-refractivity contribution in [3.63, 3.8) is 0 Å². The van der Waals surface area contributed by atoms with Gasteiger partial charge in [-0.1, -0.05) is 20.3 Å². The molecule has 1 unspecified atom stereocenters. The minimum Gasteiger partial charge on any atom is -0.357 e. The molecule has 2 aromatic heterocycles. The molecule has 0 aromatic carbocycles. The highest BCUT2D eigenvalue weighted by Crippen LogP contribution is 2.17. The molecule has 0 amide bonds. The lowest BCUT2D eigenvalue weighted by molar-refractivity contribution is 0.391. The van der Waals surface area contributed by atoms with E-state index in [9.17, 15) is 0 Å². The summed E-state index contributed by atoms with van der Waals surface area (Å²) in [6.45, 7) is 9.92. The minimum absolute atomic E-state index is 0.319. The lowest BCUT2D eigenvalue weighted by Crippen LogP contribution is -2.47. The van der Waals surface area contributed by atoms with Gasteiger partial charge in [-0.05, 0) is 32.6 Å². The van der Waals surface area contributed by atoms with Gasteiger partial charge in [0.25, 0.3) is 0 Å². The molecule has 0 aliphatic carbocycles. The van der Waals surface area contributed by atoms with Crippen molar-refractivity contribution in [2.45, 2.75) is 97.2 Å². The minimum atomic E-state index is 0.319. The van der Waals surface area contributed by atoms with Gasteiger partial charge in [-0.25, -0.2) is 9.67 Å². The third-order valence-corrected chi connectivity index (χ3v) is 6.09. The van der Waals surface area contributed by atoms with Crippen LogP contribution < -0.4 is 10.6 Å². The summed E-state index contributed by atoms with van der Waals surface area (Å²) < 4.78 is 4.40. The quantitative estimate of drug-likeness (QED) is 0.399. The molecule has 4 rings (SSSR count). The molecule has 2 aliphatic rings. The predicted molar refractivity (Wildman–Crippen MR) is 121 cm³/mol. The lowest BCUT2D eigenvalue weighted by Gasteiger charge is -2.25. The third-order valence-electron chi connectivity index (χ3n) is 6.09. The zero-order chi connectivity index (χ0) is 21.6. The van der Waals surface area contributed by atoms with Gasteiger partial charge < -0.3 is 15.2 Å². The van der Waals surface area contributed by atoms with Crippen LogP contribution in [-0.2, 0) is 32.4 Å². The van der Waals surface area contributed by atoms with Crippen molar-refractivity contribution in [3.05, 3.63) is 23.3 Å². The molecule has 2 N–H and O–H groups in total. The summed E-state index contributed by atoms with van der Waals surface area (Å²) >= 11 is 0. The Hall–Kier alpha value is -2.45. The van der Waals surface area contributed by atoms with Crippen molar-refractivity contribution < 1.29 is 0 Å². The van der Waals surface area contributed by atoms with Gasteiger partial charge in [0.1, 0.15) is 17.5 Å². The Kier molecular flexibility index (Phi) is 7.19. The SMILES string of the molecule is CCNC(=NCCCc1nnc2n1CCCCC2)NC1CCc2nc(C(C)C)nn2C1. The molecule has 4 heterocycles. The van der Waals surface area contributed by atoms with Crippen molar-refractivity contribution in [3.8, 4) is 0 Å². The molecular weight excluding hydrogens is 390 g/mol. The van der Waals surface area contributed by atoms with Crippen LogP contribution in [0.4, 0.5) is 0 Å². The smallest absolute Gasteiger partial charge is 0.191 e. The predicted octanol–water partition coefficient (Wildman–Crippen LogP) is 2.22. The van der Waals surface area contributed by atoms with E-state index < -0.39 is 0 Å². The first-order valence-electron chi connectivity index (χ1n) is 12.0. The van der Waals surface area contributed by atoms with Crippen LogP contribution in [0.5, 0.6) is 0 Å². The highest BCUT2D eigenvalue weighted by molar-refractivity contribution is 5.80. The van der Waals surface area contributed by atoms with Crippen molar-refractivity contribution in [2.24, 2.45) is 4.99 Å². The highest BCUT2D eigenvalue weighted by atomic mass is 15.4. The third kappa shape index (κ3) is 5.43. The average Bonchev–Trinajstić information content (AvgIpc) is 3.27. The number of rotatable bonds is 7. The molecule has 2 aliphatic heterocycles. The molecule has 1 atom stereocenters. The molecule has 31 heavy (non-hydrogen) atoms. The fourth-order valence-corrected chi connectivity index (χ4v) is 4.36. The number of hydrogen-bond donors (Lipinski definition) is 2. The molecule has 9 heteroatoms. The molecule has 0 fully saturated rings. The van der Waals surface area contributed by atoms with Crippen LogP contribution in [0.2, 0.25) is 0 Å². The molecular formula is C22H37N9. The first-order chi connectivity index (χ1) is 15.1.